The zero-order chi connectivity index (χ0) is 12.4. The summed E-state index contributed by atoms with van der Waals surface area (Å²) in [5.74, 6) is 1.32. The van der Waals surface area contributed by atoms with Crippen molar-refractivity contribution in [2.24, 2.45) is 11.8 Å². The molecule has 1 atom stereocenters. The number of carbonyl (C=O) groups excluding carboxylic acids is 1. The summed E-state index contributed by atoms with van der Waals surface area (Å²) in [4.78, 5) is 16.6. The fourth-order valence-corrected chi connectivity index (χ4v) is 2.96. The van der Waals surface area contributed by atoms with E-state index in [-0.39, 0.29) is 5.92 Å². The molecule has 3 saturated heterocycles. The molecule has 102 valence electrons. The van der Waals surface area contributed by atoms with Crippen molar-refractivity contribution in [2.45, 2.75) is 6.42 Å². The lowest BCUT2D eigenvalue weighted by Crippen LogP contribution is -2.56. The Kier molecular flexibility index (Phi) is 3.82. The van der Waals surface area contributed by atoms with E-state index in [9.17, 15) is 4.79 Å². The van der Waals surface area contributed by atoms with Gasteiger partial charge in [-0.15, -0.1) is 0 Å². The molecule has 0 spiro atoms. The summed E-state index contributed by atoms with van der Waals surface area (Å²) in [6, 6.07) is 0. The van der Waals surface area contributed by atoms with Gasteiger partial charge in [0.15, 0.2) is 0 Å². The standard InChI is InChI=1S/C13H23N3O2/c17-13(12-7-14-8-12)16-4-2-15(3-5-16)9-11-1-6-18-10-11/h11-12,14H,1-10H2. The predicted molar refractivity (Wildman–Crippen MR) is 68.3 cm³/mol. The van der Waals surface area contributed by atoms with Crippen LogP contribution in [0, 0.1) is 11.8 Å². The minimum atomic E-state index is 0.250. The van der Waals surface area contributed by atoms with E-state index in [0.717, 1.165) is 59.0 Å². The summed E-state index contributed by atoms with van der Waals surface area (Å²) < 4.78 is 5.41. The van der Waals surface area contributed by atoms with Crippen LogP contribution >= 0.6 is 0 Å². The number of nitrogens with zero attached hydrogens (tertiary/aromatic N) is 2. The third-order valence-electron chi connectivity index (χ3n) is 4.36. The van der Waals surface area contributed by atoms with Gasteiger partial charge in [-0.1, -0.05) is 0 Å². The second-order valence-corrected chi connectivity index (χ2v) is 5.71. The van der Waals surface area contributed by atoms with E-state index in [1.165, 1.54) is 6.42 Å². The van der Waals surface area contributed by atoms with Gasteiger partial charge in [0.05, 0.1) is 12.5 Å². The van der Waals surface area contributed by atoms with Crippen LogP contribution in [0.4, 0.5) is 0 Å². The first kappa shape index (κ1) is 12.4. The molecule has 0 aliphatic carbocycles. The maximum absolute atomic E-state index is 12.1. The highest BCUT2D eigenvalue weighted by Gasteiger charge is 2.31. The molecule has 0 radical (unpaired) electrons. The number of ether oxygens (including phenoxy) is 1. The third-order valence-corrected chi connectivity index (χ3v) is 4.36. The molecular formula is C13H23N3O2. The van der Waals surface area contributed by atoms with Crippen molar-refractivity contribution in [2.75, 3.05) is 59.0 Å². The summed E-state index contributed by atoms with van der Waals surface area (Å²) in [5.41, 5.74) is 0. The third kappa shape index (κ3) is 2.68. The van der Waals surface area contributed by atoms with Crippen molar-refractivity contribution >= 4 is 5.91 Å². The SMILES string of the molecule is O=C(C1CNC1)N1CCN(CC2CCOC2)CC1. The van der Waals surface area contributed by atoms with Gasteiger partial charge in [0, 0.05) is 52.4 Å². The maximum Gasteiger partial charge on any atom is 0.228 e. The van der Waals surface area contributed by atoms with Crippen LogP contribution in [-0.4, -0.2) is 74.7 Å². The smallest absolute Gasteiger partial charge is 0.228 e. The van der Waals surface area contributed by atoms with Crippen molar-refractivity contribution in [1.29, 1.82) is 0 Å². The highest BCUT2D eigenvalue weighted by molar-refractivity contribution is 5.80. The van der Waals surface area contributed by atoms with Crippen molar-refractivity contribution in [1.82, 2.24) is 15.1 Å². The number of rotatable bonds is 3. The lowest BCUT2D eigenvalue weighted by Gasteiger charge is -2.39. The number of nitrogens with one attached hydrogen (secondary N) is 1. The molecular weight excluding hydrogens is 230 g/mol. The molecule has 3 fully saturated rings. The van der Waals surface area contributed by atoms with Crippen molar-refractivity contribution in [3.63, 3.8) is 0 Å². The summed E-state index contributed by atoms with van der Waals surface area (Å²) >= 11 is 0. The van der Waals surface area contributed by atoms with Crippen LogP contribution in [-0.2, 0) is 9.53 Å². The molecule has 5 nitrogen and oxygen atoms in total. The van der Waals surface area contributed by atoms with E-state index in [4.69, 9.17) is 4.74 Å². The molecule has 1 unspecified atom stereocenters. The molecule has 3 aliphatic heterocycles. The first-order valence-corrected chi connectivity index (χ1v) is 7.12. The van der Waals surface area contributed by atoms with Crippen molar-refractivity contribution in [3.05, 3.63) is 0 Å². The van der Waals surface area contributed by atoms with Crippen LogP contribution < -0.4 is 5.32 Å². The van der Waals surface area contributed by atoms with Gasteiger partial charge in [0.1, 0.15) is 0 Å². The zero-order valence-electron chi connectivity index (χ0n) is 10.9. The maximum atomic E-state index is 12.1. The molecule has 0 aromatic rings. The highest BCUT2D eigenvalue weighted by Crippen LogP contribution is 2.16. The molecule has 3 aliphatic rings. The first-order valence-electron chi connectivity index (χ1n) is 7.12. The van der Waals surface area contributed by atoms with Gasteiger partial charge < -0.3 is 15.0 Å². The Morgan fingerprint density at radius 2 is 2.00 bits per heavy atom. The Balaban J connectivity index is 1.41. The van der Waals surface area contributed by atoms with Crippen LogP contribution in [0.3, 0.4) is 0 Å². The summed E-state index contributed by atoms with van der Waals surface area (Å²) in [6.07, 6.45) is 1.20. The van der Waals surface area contributed by atoms with Crippen molar-refractivity contribution in [3.8, 4) is 0 Å². The molecule has 0 aromatic carbocycles. The van der Waals surface area contributed by atoms with E-state index in [2.05, 4.69) is 10.2 Å². The number of hydrogen-bond acceptors (Lipinski definition) is 4. The van der Waals surface area contributed by atoms with E-state index < -0.39 is 0 Å². The van der Waals surface area contributed by atoms with Crippen molar-refractivity contribution < 1.29 is 9.53 Å². The number of hydrogen-bond donors (Lipinski definition) is 1. The lowest BCUT2D eigenvalue weighted by molar-refractivity contribution is -0.138. The normalized spacial score (nSPS) is 30.4. The minimum absolute atomic E-state index is 0.250. The molecule has 18 heavy (non-hydrogen) atoms. The van der Waals surface area contributed by atoms with Gasteiger partial charge in [0.2, 0.25) is 5.91 Å². The van der Waals surface area contributed by atoms with Crippen LogP contribution in [0.15, 0.2) is 0 Å². The van der Waals surface area contributed by atoms with Crippen LogP contribution in [0.5, 0.6) is 0 Å². The Hall–Kier alpha value is -0.650. The second kappa shape index (κ2) is 5.55. The second-order valence-electron chi connectivity index (χ2n) is 5.71. The zero-order valence-corrected chi connectivity index (χ0v) is 10.9. The molecule has 3 heterocycles. The summed E-state index contributed by atoms with van der Waals surface area (Å²) in [7, 11) is 0. The molecule has 3 rings (SSSR count). The number of piperazine rings is 1. The van der Waals surface area contributed by atoms with Gasteiger partial charge in [-0.05, 0) is 12.3 Å². The van der Waals surface area contributed by atoms with E-state index >= 15 is 0 Å². The van der Waals surface area contributed by atoms with Gasteiger partial charge in [-0.2, -0.15) is 0 Å². The summed E-state index contributed by atoms with van der Waals surface area (Å²) in [5, 5.41) is 3.17. The minimum Gasteiger partial charge on any atom is -0.381 e. The van der Waals surface area contributed by atoms with Crippen LogP contribution in [0.25, 0.3) is 0 Å². The van der Waals surface area contributed by atoms with Gasteiger partial charge in [0.25, 0.3) is 0 Å². The number of carbonyl (C=O) groups is 1. The fourth-order valence-electron chi connectivity index (χ4n) is 2.96. The quantitative estimate of drug-likeness (QED) is 0.728. The Bertz CT molecular complexity index is 293. The van der Waals surface area contributed by atoms with E-state index in [0.29, 0.717) is 11.8 Å². The lowest BCUT2D eigenvalue weighted by atomic mass is 10.0. The number of amides is 1. The summed E-state index contributed by atoms with van der Waals surface area (Å²) in [6.45, 7) is 8.62. The van der Waals surface area contributed by atoms with Gasteiger partial charge in [-0.3, -0.25) is 9.69 Å². The van der Waals surface area contributed by atoms with Gasteiger partial charge in [-0.25, -0.2) is 0 Å². The Morgan fingerprint density at radius 1 is 1.22 bits per heavy atom. The molecule has 0 aromatic heterocycles. The average Bonchev–Trinajstić information content (AvgIpc) is 2.80. The topological polar surface area (TPSA) is 44.8 Å². The largest absolute Gasteiger partial charge is 0.381 e. The van der Waals surface area contributed by atoms with E-state index in [1.807, 2.05) is 4.90 Å². The van der Waals surface area contributed by atoms with Crippen LogP contribution in [0.1, 0.15) is 6.42 Å². The molecule has 5 heteroatoms. The van der Waals surface area contributed by atoms with E-state index in [1.54, 1.807) is 0 Å². The first-order chi connectivity index (χ1) is 8.83. The monoisotopic (exact) mass is 253 g/mol. The molecule has 1 N–H and O–H groups in total. The predicted octanol–water partition coefficient (Wildman–Crippen LogP) is -0.613. The van der Waals surface area contributed by atoms with Gasteiger partial charge >= 0.3 is 0 Å². The molecule has 0 bridgehead atoms. The Morgan fingerprint density at radius 3 is 2.56 bits per heavy atom. The van der Waals surface area contributed by atoms with Crippen LogP contribution in [0.2, 0.25) is 0 Å². The molecule has 0 saturated carbocycles. The molecule has 1 amide bonds. The fraction of sp³-hybridized carbons (Fsp3) is 0.923. The Labute approximate surface area is 108 Å². The highest BCUT2D eigenvalue weighted by atomic mass is 16.5. The average molecular weight is 253 g/mol.